The van der Waals surface area contributed by atoms with Gasteiger partial charge in [0.2, 0.25) is 11.8 Å². The van der Waals surface area contributed by atoms with Gasteiger partial charge >= 0.3 is 0 Å². The molecule has 1 aliphatic rings. The van der Waals surface area contributed by atoms with E-state index in [-0.39, 0.29) is 29.8 Å². The van der Waals surface area contributed by atoms with Crippen LogP contribution in [0, 0.1) is 6.92 Å². The van der Waals surface area contributed by atoms with Crippen molar-refractivity contribution in [3.63, 3.8) is 0 Å². The minimum atomic E-state index is -0.640. The fourth-order valence-electron chi connectivity index (χ4n) is 3.75. The summed E-state index contributed by atoms with van der Waals surface area (Å²) in [6.07, 6.45) is 6.32. The normalized spacial score (nSPS) is 17.4. The number of alkyl halides is 1. The van der Waals surface area contributed by atoms with E-state index in [1.54, 1.807) is 4.90 Å². The predicted molar refractivity (Wildman–Crippen MR) is 106 cm³/mol. The second kappa shape index (κ2) is 9.96. The molecular weight excluding hydrogens is 348 g/mol. The molecule has 1 saturated carbocycles. The molecule has 1 aromatic carbocycles. The van der Waals surface area contributed by atoms with Crippen LogP contribution in [0.15, 0.2) is 24.3 Å². The minimum Gasteiger partial charge on any atom is -0.351 e. The van der Waals surface area contributed by atoms with Gasteiger partial charge in [0.15, 0.2) is 0 Å². The molecule has 2 rings (SSSR count). The van der Waals surface area contributed by atoms with E-state index < -0.39 is 6.04 Å². The highest BCUT2D eigenvalue weighted by Gasteiger charge is 2.35. The highest BCUT2D eigenvalue weighted by atomic mass is 35.5. The van der Waals surface area contributed by atoms with Crippen molar-refractivity contribution in [2.24, 2.45) is 0 Å². The monoisotopic (exact) mass is 378 g/mol. The number of carbonyl (C=O) groups is 2. The molecule has 1 fully saturated rings. The summed E-state index contributed by atoms with van der Waals surface area (Å²) in [6, 6.07) is 7.29. The Morgan fingerprint density at radius 2 is 1.88 bits per heavy atom. The van der Waals surface area contributed by atoms with Gasteiger partial charge in [-0.05, 0) is 44.2 Å². The van der Waals surface area contributed by atoms with Crippen LogP contribution in [0.4, 0.5) is 0 Å². The quantitative estimate of drug-likeness (QED) is 0.717. The number of hydrogen-bond donors (Lipinski definition) is 1. The number of rotatable bonds is 7. The summed E-state index contributed by atoms with van der Waals surface area (Å²) in [7, 11) is 0. The largest absolute Gasteiger partial charge is 0.351 e. The lowest BCUT2D eigenvalue weighted by molar-refractivity contribution is -0.142. The molecule has 4 nitrogen and oxygen atoms in total. The Hall–Kier alpha value is -1.55. The smallest absolute Gasteiger partial charge is 0.247 e. The number of aryl methyl sites for hydroxylation is 1. The van der Waals surface area contributed by atoms with Crippen LogP contribution in [0.25, 0.3) is 0 Å². The molecular formula is C21H31ClN2O2. The fraction of sp³-hybridized carbons (Fsp3) is 0.619. The van der Waals surface area contributed by atoms with Crippen molar-refractivity contribution in [1.82, 2.24) is 10.2 Å². The summed E-state index contributed by atoms with van der Waals surface area (Å²) in [5.74, 6) is -0.415. The summed E-state index contributed by atoms with van der Waals surface area (Å²) in [5, 5.41) is 3.21. The van der Waals surface area contributed by atoms with Crippen LogP contribution in [-0.4, -0.2) is 34.7 Å². The van der Waals surface area contributed by atoms with Crippen molar-refractivity contribution < 1.29 is 9.59 Å². The van der Waals surface area contributed by atoms with E-state index in [2.05, 4.69) is 5.32 Å². The summed E-state index contributed by atoms with van der Waals surface area (Å²) < 4.78 is 0. The number of amides is 2. The van der Waals surface area contributed by atoms with Crippen LogP contribution in [0.5, 0.6) is 0 Å². The Kier molecular flexibility index (Phi) is 7.95. The zero-order valence-corrected chi connectivity index (χ0v) is 16.9. The Balaban J connectivity index is 2.38. The first-order valence-corrected chi connectivity index (χ1v) is 10.3. The molecule has 1 aromatic rings. The topological polar surface area (TPSA) is 49.4 Å². The van der Waals surface area contributed by atoms with Crippen molar-refractivity contribution in [1.29, 1.82) is 0 Å². The molecule has 0 unspecified atom stereocenters. The summed E-state index contributed by atoms with van der Waals surface area (Å²) >= 11 is 5.89. The molecule has 1 aliphatic carbocycles. The number of nitrogens with one attached hydrogen (secondary N) is 1. The van der Waals surface area contributed by atoms with Crippen molar-refractivity contribution in [2.45, 2.75) is 77.4 Å². The highest BCUT2D eigenvalue weighted by Crippen LogP contribution is 2.29. The molecule has 1 N–H and O–H groups in total. The molecule has 0 bridgehead atoms. The molecule has 0 radical (unpaired) electrons. The average Bonchev–Trinajstić information content (AvgIpc) is 2.66. The van der Waals surface area contributed by atoms with E-state index >= 15 is 0 Å². The number of benzene rings is 1. The van der Waals surface area contributed by atoms with Crippen LogP contribution in [0.3, 0.4) is 0 Å². The Morgan fingerprint density at radius 3 is 2.46 bits per heavy atom. The highest BCUT2D eigenvalue weighted by molar-refractivity contribution is 6.27. The van der Waals surface area contributed by atoms with Crippen LogP contribution in [-0.2, 0) is 9.59 Å². The van der Waals surface area contributed by atoms with E-state index in [1.807, 2.05) is 45.0 Å². The molecule has 2 atom stereocenters. The van der Waals surface area contributed by atoms with Crippen molar-refractivity contribution in [3.05, 3.63) is 35.4 Å². The van der Waals surface area contributed by atoms with Gasteiger partial charge in [-0.25, -0.2) is 0 Å². The Labute approximate surface area is 162 Å². The van der Waals surface area contributed by atoms with E-state index in [9.17, 15) is 9.59 Å². The van der Waals surface area contributed by atoms with E-state index in [0.29, 0.717) is 0 Å². The fourth-order valence-corrected chi connectivity index (χ4v) is 3.89. The van der Waals surface area contributed by atoms with Gasteiger partial charge in [0.05, 0.1) is 0 Å². The Bertz CT molecular complexity index is 614. The number of nitrogens with zero attached hydrogens (tertiary/aromatic N) is 1. The summed E-state index contributed by atoms with van der Waals surface area (Å²) in [4.78, 5) is 27.6. The van der Waals surface area contributed by atoms with Crippen LogP contribution >= 0.6 is 11.6 Å². The second-order valence-corrected chi connectivity index (χ2v) is 7.56. The van der Waals surface area contributed by atoms with E-state index in [0.717, 1.165) is 43.2 Å². The summed E-state index contributed by atoms with van der Waals surface area (Å²) in [6.45, 7) is 5.98. The lowest BCUT2D eigenvalue weighted by Gasteiger charge is -2.37. The Morgan fingerprint density at radius 1 is 1.23 bits per heavy atom. The van der Waals surface area contributed by atoms with Gasteiger partial charge in [-0.1, -0.05) is 50.5 Å². The first kappa shape index (κ1) is 20.8. The van der Waals surface area contributed by atoms with Crippen LogP contribution in [0.1, 0.15) is 69.5 Å². The first-order valence-electron chi connectivity index (χ1n) is 9.72. The van der Waals surface area contributed by atoms with Gasteiger partial charge in [-0.2, -0.15) is 0 Å². The van der Waals surface area contributed by atoms with Gasteiger partial charge in [0.1, 0.15) is 11.9 Å². The maximum atomic E-state index is 13.3. The number of hydrogen-bond acceptors (Lipinski definition) is 2. The molecule has 5 heteroatoms. The van der Waals surface area contributed by atoms with Crippen molar-refractivity contribution >= 4 is 23.4 Å². The maximum Gasteiger partial charge on any atom is 0.247 e. The minimum absolute atomic E-state index is 0.0667. The molecule has 2 amide bonds. The standard InChI is InChI=1S/C21H31ClN2O2/c1-4-16(3)24(19(25)14-22)20(18-13-9-8-10-15(18)2)21(26)23-17-11-6-5-7-12-17/h8-10,13,16-17,20H,4-7,11-12,14H2,1-3H3,(H,23,26)/t16-,20+/m1/s1. The third kappa shape index (κ3) is 5.00. The van der Waals surface area contributed by atoms with Crippen LogP contribution in [0.2, 0.25) is 0 Å². The van der Waals surface area contributed by atoms with Crippen molar-refractivity contribution in [2.75, 3.05) is 5.88 Å². The lowest BCUT2D eigenvalue weighted by Crippen LogP contribution is -2.50. The van der Waals surface area contributed by atoms with Gasteiger partial charge in [-0.15, -0.1) is 11.6 Å². The van der Waals surface area contributed by atoms with Crippen LogP contribution < -0.4 is 5.32 Å². The third-order valence-corrected chi connectivity index (χ3v) is 5.66. The van der Waals surface area contributed by atoms with E-state index in [1.165, 1.54) is 6.42 Å². The van der Waals surface area contributed by atoms with Crippen molar-refractivity contribution in [3.8, 4) is 0 Å². The second-order valence-electron chi connectivity index (χ2n) is 7.29. The van der Waals surface area contributed by atoms with E-state index in [4.69, 9.17) is 11.6 Å². The molecule has 0 heterocycles. The van der Waals surface area contributed by atoms with Gasteiger partial charge in [0.25, 0.3) is 0 Å². The maximum absolute atomic E-state index is 13.3. The summed E-state index contributed by atoms with van der Waals surface area (Å²) in [5.41, 5.74) is 1.88. The first-order chi connectivity index (χ1) is 12.5. The molecule has 0 aromatic heterocycles. The molecule has 0 aliphatic heterocycles. The van der Waals surface area contributed by atoms with Gasteiger partial charge in [-0.3, -0.25) is 9.59 Å². The molecule has 144 valence electrons. The number of carbonyl (C=O) groups excluding carboxylic acids is 2. The zero-order chi connectivity index (χ0) is 19.1. The number of halogens is 1. The van der Waals surface area contributed by atoms with Gasteiger partial charge in [0, 0.05) is 12.1 Å². The molecule has 0 saturated heterocycles. The van der Waals surface area contributed by atoms with Gasteiger partial charge < -0.3 is 10.2 Å². The SMILES string of the molecule is CC[C@@H](C)N(C(=O)CCl)[C@H](C(=O)NC1CCCCC1)c1ccccc1C. The third-order valence-electron chi connectivity index (χ3n) is 5.43. The lowest BCUT2D eigenvalue weighted by atomic mass is 9.93. The zero-order valence-electron chi connectivity index (χ0n) is 16.1. The predicted octanol–water partition coefficient (Wildman–Crippen LogP) is 4.35. The average molecular weight is 379 g/mol. The molecule has 26 heavy (non-hydrogen) atoms. The molecule has 0 spiro atoms.